The predicted molar refractivity (Wildman–Crippen MR) is 102 cm³/mol. The van der Waals surface area contributed by atoms with Crippen LogP contribution >= 0.6 is 0 Å². The van der Waals surface area contributed by atoms with Gasteiger partial charge in [0.2, 0.25) is 0 Å². The van der Waals surface area contributed by atoms with Crippen LogP contribution in [0.15, 0.2) is 33.4 Å². The standard InChI is InChI=1S/C13H12NO2.3C2H6.W/c1-5-6-9(2)7-8-10-11(14(3)4)13(16)12(10)15;3*1-2;/h1-2,5-8H,3-4H3;3*1-2H3;/q-1;;;;. The van der Waals surface area contributed by atoms with Crippen molar-refractivity contribution in [3.63, 3.8) is 0 Å². The third-order valence-electron chi connectivity index (χ3n) is 2.18. The summed E-state index contributed by atoms with van der Waals surface area (Å²) in [5.74, 6) is 0. The monoisotopic (exact) mass is 488 g/mol. The Bertz CT molecular complexity index is 574. The summed E-state index contributed by atoms with van der Waals surface area (Å²) in [6.45, 7) is 17.7. The van der Waals surface area contributed by atoms with Crippen molar-refractivity contribution in [3.05, 3.63) is 56.4 Å². The van der Waals surface area contributed by atoms with Gasteiger partial charge >= 0.3 is 111 Å². The van der Waals surface area contributed by atoms with Crippen LogP contribution in [0.1, 0.15) is 47.1 Å². The number of allylic oxidation sites excluding steroid dienone is 4. The molecule has 0 bridgehead atoms. The van der Waals surface area contributed by atoms with E-state index in [4.69, 9.17) is 6.58 Å². The van der Waals surface area contributed by atoms with Gasteiger partial charge in [-0.25, -0.2) is 0 Å². The van der Waals surface area contributed by atoms with Gasteiger partial charge in [-0.3, -0.25) is 0 Å². The minimum atomic E-state index is -0.451. The molecule has 1 aromatic rings. The Morgan fingerprint density at radius 3 is 1.83 bits per heavy atom. The molecule has 0 fully saturated rings. The van der Waals surface area contributed by atoms with Gasteiger partial charge in [-0.2, -0.15) is 0 Å². The van der Waals surface area contributed by atoms with Gasteiger partial charge in [-0.15, -0.1) is 0 Å². The molecule has 0 heterocycles. The number of hydrogen-bond acceptors (Lipinski definition) is 3. The molecule has 0 spiro atoms. The molecule has 3 nitrogen and oxygen atoms in total. The summed E-state index contributed by atoms with van der Waals surface area (Å²) in [7, 11) is 3.46. The first-order valence-electron chi connectivity index (χ1n) is 7.92. The first-order valence-corrected chi connectivity index (χ1v) is 9.61. The van der Waals surface area contributed by atoms with E-state index >= 15 is 0 Å². The maximum absolute atomic E-state index is 11.3. The third-order valence-corrected chi connectivity index (χ3v) is 2.74. The van der Waals surface area contributed by atoms with Crippen LogP contribution in [0.4, 0.5) is 5.69 Å². The zero-order valence-electron chi connectivity index (χ0n) is 15.6. The first kappa shape index (κ1) is 26.6. The normalized spacial score (nSPS) is 9.22. The van der Waals surface area contributed by atoms with E-state index in [0.717, 1.165) is 0 Å². The molecule has 1 aromatic carbocycles. The molecule has 0 unspecified atom stereocenters. The third kappa shape index (κ3) is 9.40. The number of nitrogens with zero attached hydrogens (tertiary/aromatic N) is 1. The molecule has 0 saturated heterocycles. The van der Waals surface area contributed by atoms with E-state index in [0.29, 0.717) is 16.8 Å². The molecule has 0 saturated carbocycles. The van der Waals surface area contributed by atoms with Crippen LogP contribution in [0.25, 0.3) is 6.08 Å². The Morgan fingerprint density at radius 2 is 1.43 bits per heavy atom. The van der Waals surface area contributed by atoms with Crippen LogP contribution in [-0.2, 0) is 19.4 Å². The van der Waals surface area contributed by atoms with Crippen LogP contribution in [0, 0.1) is 6.58 Å². The Kier molecular flexibility index (Phi) is 19.6. The van der Waals surface area contributed by atoms with Crippen LogP contribution < -0.4 is 15.8 Å². The van der Waals surface area contributed by atoms with Crippen LogP contribution in [-0.4, -0.2) is 18.5 Å². The van der Waals surface area contributed by atoms with E-state index < -0.39 is 10.9 Å². The molecule has 4 heteroatoms. The second-order valence-electron chi connectivity index (χ2n) is 3.64. The van der Waals surface area contributed by atoms with E-state index in [-0.39, 0.29) is 0 Å². The van der Waals surface area contributed by atoms with Crippen molar-refractivity contribution in [2.75, 3.05) is 19.0 Å². The fraction of sp³-hybridized carbons (Fsp3) is 0.421. The van der Waals surface area contributed by atoms with Gasteiger partial charge in [0.25, 0.3) is 0 Å². The summed E-state index contributed by atoms with van der Waals surface area (Å²) in [6.07, 6.45) is 6.79. The number of hydrogen-bond donors (Lipinski definition) is 0. The summed E-state index contributed by atoms with van der Waals surface area (Å²) in [4.78, 5) is 24.3. The average molecular weight is 488 g/mol. The van der Waals surface area contributed by atoms with Crippen molar-refractivity contribution < 1.29 is 19.4 Å². The van der Waals surface area contributed by atoms with Crippen LogP contribution in [0.2, 0.25) is 0 Å². The summed E-state index contributed by atoms with van der Waals surface area (Å²) >= 11 is 1.34. The fourth-order valence-electron chi connectivity index (χ4n) is 1.38. The Balaban J connectivity index is -0.000000595. The van der Waals surface area contributed by atoms with Crippen molar-refractivity contribution in [1.29, 1.82) is 0 Å². The van der Waals surface area contributed by atoms with Crippen LogP contribution in [0.5, 0.6) is 0 Å². The molecular weight excluding hydrogens is 458 g/mol. The quantitative estimate of drug-likeness (QED) is 0.361. The van der Waals surface area contributed by atoms with Crippen molar-refractivity contribution in [3.8, 4) is 0 Å². The summed E-state index contributed by atoms with van der Waals surface area (Å²) in [5, 5.41) is 0. The molecule has 0 atom stereocenters. The SMILES string of the molecule is CC.CC.CC.[CH-]=C(C=C[CH]=[W])C=Cc1c(N(C)C)c(=O)c1=O. The number of anilines is 1. The van der Waals surface area contributed by atoms with Gasteiger partial charge in [0, 0.05) is 0 Å². The summed E-state index contributed by atoms with van der Waals surface area (Å²) in [5.41, 5.74) is 0.514. The van der Waals surface area contributed by atoms with Gasteiger partial charge < -0.3 is 0 Å². The summed E-state index contributed by atoms with van der Waals surface area (Å²) in [6, 6.07) is 0. The molecule has 0 radical (unpaired) electrons. The van der Waals surface area contributed by atoms with Gasteiger partial charge in [0.05, 0.1) is 0 Å². The minimum absolute atomic E-state index is 0.419. The van der Waals surface area contributed by atoms with Gasteiger partial charge in [-0.05, 0) is 0 Å². The molecule has 0 amide bonds. The number of rotatable bonds is 5. The van der Waals surface area contributed by atoms with E-state index in [1.165, 1.54) is 19.4 Å². The van der Waals surface area contributed by atoms with Crippen molar-refractivity contribution in [2.24, 2.45) is 0 Å². The van der Waals surface area contributed by atoms with Gasteiger partial charge in [-0.1, -0.05) is 41.5 Å². The molecule has 1 rings (SSSR count). The molecular formula is C19H30NO2W-. The fourth-order valence-corrected chi connectivity index (χ4v) is 1.66. The topological polar surface area (TPSA) is 37.4 Å². The molecule has 0 aliphatic heterocycles. The predicted octanol–water partition coefficient (Wildman–Crippen LogP) is 3.70. The maximum atomic E-state index is 11.3. The van der Waals surface area contributed by atoms with Gasteiger partial charge in [0.1, 0.15) is 0 Å². The second kappa shape index (κ2) is 17.0. The molecule has 23 heavy (non-hydrogen) atoms. The molecule has 130 valence electrons. The molecule has 0 aliphatic carbocycles. The van der Waals surface area contributed by atoms with Crippen molar-refractivity contribution in [1.82, 2.24) is 0 Å². The second-order valence-corrected chi connectivity index (χ2v) is 4.62. The summed E-state index contributed by atoms with van der Waals surface area (Å²) < 4.78 is 1.93. The van der Waals surface area contributed by atoms with Gasteiger partial charge in [0.15, 0.2) is 0 Å². The Morgan fingerprint density at radius 1 is 0.957 bits per heavy atom. The van der Waals surface area contributed by atoms with Crippen LogP contribution in [0.3, 0.4) is 0 Å². The Labute approximate surface area is 152 Å². The average Bonchev–Trinajstić information content (AvgIpc) is 2.60. The zero-order chi connectivity index (χ0) is 19.0. The van der Waals surface area contributed by atoms with E-state index in [1.807, 2.05) is 52.0 Å². The van der Waals surface area contributed by atoms with E-state index in [9.17, 15) is 9.59 Å². The Hall–Kier alpha value is -1.34. The van der Waals surface area contributed by atoms with Crippen molar-refractivity contribution >= 4 is 16.2 Å². The molecule has 0 aliphatic rings. The van der Waals surface area contributed by atoms with Crippen molar-refractivity contribution in [2.45, 2.75) is 41.5 Å². The molecule has 0 aromatic heterocycles. The zero-order valence-corrected chi connectivity index (χ0v) is 18.6. The molecule has 0 N–H and O–H groups in total. The first-order chi connectivity index (χ1) is 11.0. The van der Waals surface area contributed by atoms with E-state index in [1.54, 1.807) is 37.2 Å². The van der Waals surface area contributed by atoms with E-state index in [2.05, 4.69) is 0 Å².